The van der Waals surface area contributed by atoms with Crippen LogP contribution >= 0.6 is 0 Å². The molecule has 0 unspecified atom stereocenters. The van der Waals surface area contributed by atoms with Crippen molar-refractivity contribution in [1.29, 1.82) is 5.41 Å². The summed E-state index contributed by atoms with van der Waals surface area (Å²) >= 11 is 0. The Balaban J connectivity index is 2.07. The van der Waals surface area contributed by atoms with Crippen molar-refractivity contribution in [2.45, 2.75) is 19.4 Å². The Morgan fingerprint density at radius 1 is 1.24 bits per heavy atom. The van der Waals surface area contributed by atoms with E-state index in [4.69, 9.17) is 5.41 Å². The monoisotopic (exact) mass is 283 g/mol. The van der Waals surface area contributed by atoms with Gasteiger partial charge in [-0.1, -0.05) is 30.3 Å². The van der Waals surface area contributed by atoms with Crippen LogP contribution in [0, 0.1) is 5.41 Å². The first kappa shape index (κ1) is 15.0. The van der Waals surface area contributed by atoms with Crippen molar-refractivity contribution in [3.05, 3.63) is 59.4 Å². The summed E-state index contributed by atoms with van der Waals surface area (Å²) in [7, 11) is 3.80. The molecule has 0 aromatic heterocycles. The summed E-state index contributed by atoms with van der Waals surface area (Å²) in [5.74, 6) is -0.0412. The van der Waals surface area contributed by atoms with E-state index < -0.39 is 0 Å². The molecule has 0 amide bonds. The molecule has 1 aliphatic carbocycles. The van der Waals surface area contributed by atoms with Gasteiger partial charge in [0.05, 0.1) is 5.57 Å². The smallest absolute Gasteiger partial charge is 0.193 e. The largest absolute Gasteiger partial charge is 0.386 e. The fourth-order valence-corrected chi connectivity index (χ4v) is 2.27. The summed E-state index contributed by atoms with van der Waals surface area (Å²) < 4.78 is 0. The zero-order chi connectivity index (χ0) is 15.2. The lowest BCUT2D eigenvalue weighted by Gasteiger charge is -2.19. The Labute approximate surface area is 125 Å². The second kappa shape index (κ2) is 6.88. The van der Waals surface area contributed by atoms with E-state index in [0.29, 0.717) is 30.7 Å². The molecule has 1 saturated carbocycles. The molecule has 2 rings (SSSR count). The first-order chi connectivity index (χ1) is 10.1. The third-order valence-electron chi connectivity index (χ3n) is 3.32. The molecule has 0 saturated heterocycles. The highest BCUT2D eigenvalue weighted by Gasteiger charge is 2.24. The van der Waals surface area contributed by atoms with Crippen molar-refractivity contribution in [2.24, 2.45) is 0 Å². The number of hydrogen-bond acceptors (Lipinski definition) is 4. The number of rotatable bonds is 4. The lowest BCUT2D eigenvalue weighted by Crippen LogP contribution is -2.24. The average Bonchev–Trinajstić information content (AvgIpc) is 2.46. The minimum atomic E-state index is -0.0412. The number of carbonyl (C=O) groups is 1. The molecule has 21 heavy (non-hydrogen) atoms. The van der Waals surface area contributed by atoms with E-state index in [1.807, 2.05) is 55.5 Å². The predicted molar refractivity (Wildman–Crippen MR) is 85.1 cm³/mol. The molecular weight excluding hydrogens is 262 g/mol. The Hall–Kier alpha value is -2.36. The van der Waals surface area contributed by atoms with Gasteiger partial charge in [-0.25, -0.2) is 0 Å². The molecule has 4 nitrogen and oxygen atoms in total. The highest BCUT2D eigenvalue weighted by Crippen LogP contribution is 2.22. The third kappa shape index (κ3) is 4.05. The molecule has 0 bridgehead atoms. The molecule has 0 aliphatic heterocycles. The predicted octanol–water partition coefficient (Wildman–Crippen LogP) is 2.49. The molecule has 110 valence electrons. The van der Waals surface area contributed by atoms with Gasteiger partial charge in [-0.3, -0.25) is 4.79 Å². The number of allylic oxidation sites excluding steroid dienone is 2. The number of ketones is 1. The summed E-state index contributed by atoms with van der Waals surface area (Å²) in [4.78, 5) is 14.2. The first-order valence-corrected chi connectivity index (χ1v) is 7.05. The number of carbonyl (C=O) groups excluding carboxylic acids is 1. The van der Waals surface area contributed by atoms with Crippen LogP contribution in [-0.2, 0) is 11.3 Å². The quantitative estimate of drug-likeness (QED) is 0.835. The van der Waals surface area contributed by atoms with Gasteiger partial charge in [0.1, 0.15) is 0 Å². The molecule has 1 aromatic carbocycles. The van der Waals surface area contributed by atoms with Gasteiger partial charge in [0.25, 0.3) is 0 Å². The van der Waals surface area contributed by atoms with Gasteiger partial charge < -0.3 is 15.6 Å². The van der Waals surface area contributed by atoms with E-state index in [-0.39, 0.29) is 5.78 Å². The maximum atomic E-state index is 12.4. The number of nitrogens with zero attached hydrogens (tertiary/aromatic N) is 1. The summed E-state index contributed by atoms with van der Waals surface area (Å²) in [5, 5.41) is 11.1. The van der Waals surface area contributed by atoms with E-state index in [1.54, 1.807) is 6.20 Å². The van der Waals surface area contributed by atoms with Crippen LogP contribution in [-0.4, -0.2) is 30.5 Å². The number of nitrogens with one attached hydrogen (secondary N) is 2. The van der Waals surface area contributed by atoms with E-state index in [9.17, 15) is 4.79 Å². The molecule has 2 N–H and O–H groups in total. The van der Waals surface area contributed by atoms with Gasteiger partial charge in [0.2, 0.25) is 0 Å². The van der Waals surface area contributed by atoms with E-state index >= 15 is 0 Å². The zero-order valence-electron chi connectivity index (χ0n) is 12.5. The third-order valence-corrected chi connectivity index (χ3v) is 3.32. The Kier molecular flexibility index (Phi) is 4.93. The van der Waals surface area contributed by atoms with E-state index in [2.05, 4.69) is 5.32 Å². The van der Waals surface area contributed by atoms with Gasteiger partial charge in [-0.15, -0.1) is 0 Å². The van der Waals surface area contributed by atoms with Crippen molar-refractivity contribution in [3.63, 3.8) is 0 Å². The van der Waals surface area contributed by atoms with Gasteiger partial charge in [-0.2, -0.15) is 0 Å². The Bertz CT molecular complexity index is 585. The highest BCUT2D eigenvalue weighted by atomic mass is 16.1. The molecule has 1 fully saturated rings. The lowest BCUT2D eigenvalue weighted by atomic mass is 9.88. The van der Waals surface area contributed by atoms with E-state index in [1.165, 1.54) is 0 Å². The minimum absolute atomic E-state index is 0.0412. The van der Waals surface area contributed by atoms with Crippen LogP contribution in [0.15, 0.2) is 53.9 Å². The lowest BCUT2D eigenvalue weighted by molar-refractivity contribution is -0.112. The van der Waals surface area contributed by atoms with Crippen molar-refractivity contribution < 1.29 is 4.79 Å². The maximum Gasteiger partial charge on any atom is 0.193 e. The Morgan fingerprint density at radius 2 is 1.95 bits per heavy atom. The summed E-state index contributed by atoms with van der Waals surface area (Å²) in [6, 6.07) is 9.99. The zero-order valence-corrected chi connectivity index (χ0v) is 12.5. The molecule has 1 aliphatic rings. The number of benzene rings is 1. The SMILES string of the molecule is CN(C)/C=C1/CCC(=N)/C(=C\NCc2ccccc2)C1=O. The van der Waals surface area contributed by atoms with Crippen LogP contribution in [0.5, 0.6) is 0 Å². The molecular formula is C17H21N3O. The normalized spacial score (nSPS) is 19.1. The molecule has 4 heteroatoms. The second-order valence-corrected chi connectivity index (χ2v) is 5.35. The maximum absolute atomic E-state index is 12.4. The summed E-state index contributed by atoms with van der Waals surface area (Å²) in [6.45, 7) is 0.650. The highest BCUT2D eigenvalue weighted by molar-refractivity contribution is 6.28. The topological polar surface area (TPSA) is 56.2 Å². The van der Waals surface area contributed by atoms with Crippen molar-refractivity contribution in [1.82, 2.24) is 10.2 Å². The van der Waals surface area contributed by atoms with Crippen molar-refractivity contribution in [2.75, 3.05) is 14.1 Å². The van der Waals surface area contributed by atoms with Crippen LogP contribution in [0.4, 0.5) is 0 Å². The molecule has 1 aromatic rings. The molecule has 0 spiro atoms. The van der Waals surface area contributed by atoms with Gasteiger partial charge in [0.15, 0.2) is 5.78 Å². The van der Waals surface area contributed by atoms with Crippen LogP contribution < -0.4 is 5.32 Å². The van der Waals surface area contributed by atoms with Crippen LogP contribution in [0.25, 0.3) is 0 Å². The van der Waals surface area contributed by atoms with Gasteiger partial charge >= 0.3 is 0 Å². The van der Waals surface area contributed by atoms with Crippen LogP contribution in [0.1, 0.15) is 18.4 Å². The number of hydrogen-bond donors (Lipinski definition) is 2. The van der Waals surface area contributed by atoms with Crippen LogP contribution in [0.3, 0.4) is 0 Å². The fraction of sp³-hybridized carbons (Fsp3) is 0.294. The molecule has 0 atom stereocenters. The molecule has 0 heterocycles. The van der Waals surface area contributed by atoms with Crippen LogP contribution in [0.2, 0.25) is 0 Å². The first-order valence-electron chi connectivity index (χ1n) is 7.05. The minimum Gasteiger partial charge on any atom is -0.386 e. The average molecular weight is 283 g/mol. The van der Waals surface area contributed by atoms with Crippen molar-refractivity contribution >= 4 is 11.5 Å². The standard InChI is InChI=1S/C17H21N3O/c1-20(2)12-14-8-9-16(18)15(17(14)21)11-19-10-13-6-4-3-5-7-13/h3-7,11-12,18-19H,8-10H2,1-2H3/b14-12-,15-11+,18-16?. The van der Waals surface area contributed by atoms with Crippen molar-refractivity contribution in [3.8, 4) is 0 Å². The molecule has 0 radical (unpaired) electrons. The summed E-state index contributed by atoms with van der Waals surface area (Å²) in [5.41, 5.74) is 2.80. The van der Waals surface area contributed by atoms with E-state index in [0.717, 1.165) is 11.1 Å². The second-order valence-electron chi connectivity index (χ2n) is 5.35. The number of Topliss-reactive ketones (excluding diaryl/α,β-unsaturated/α-hetero) is 1. The van der Waals surface area contributed by atoms with Gasteiger partial charge in [-0.05, 0) is 18.4 Å². The van der Waals surface area contributed by atoms with Gasteiger partial charge in [0, 0.05) is 44.3 Å². The fourth-order valence-electron chi connectivity index (χ4n) is 2.27. The summed E-state index contributed by atoms with van der Waals surface area (Å²) in [6.07, 6.45) is 4.79. The Morgan fingerprint density at radius 3 is 2.62 bits per heavy atom.